The van der Waals surface area contributed by atoms with E-state index in [2.05, 4.69) is 40.2 Å². The number of halogens is 1. The third-order valence-corrected chi connectivity index (χ3v) is 6.99. The van der Waals surface area contributed by atoms with Crippen LogP contribution in [0, 0.1) is 24.2 Å². The van der Waals surface area contributed by atoms with Crippen molar-refractivity contribution in [2.45, 2.75) is 26.3 Å². The van der Waals surface area contributed by atoms with E-state index in [4.69, 9.17) is 21.9 Å². The maximum atomic E-state index is 12.6. The molecule has 1 unspecified atom stereocenters. The van der Waals surface area contributed by atoms with Crippen LogP contribution in [0.1, 0.15) is 35.1 Å². The van der Waals surface area contributed by atoms with Gasteiger partial charge in [-0.1, -0.05) is 17.7 Å². The number of hydrogen-bond donors (Lipinski definition) is 1. The minimum absolute atomic E-state index is 0.0837. The van der Waals surface area contributed by atoms with E-state index in [1.165, 1.54) is 11.1 Å². The number of fused-ring (bicyclic) bond motifs is 3. The molecule has 0 aromatic heterocycles. The molecule has 6 nitrogen and oxygen atoms in total. The maximum Gasteiger partial charge on any atom is 0.233 e. The van der Waals surface area contributed by atoms with Gasteiger partial charge in [0.15, 0.2) is 0 Å². The van der Waals surface area contributed by atoms with E-state index in [1.807, 2.05) is 12.1 Å². The molecular weight excluding hydrogens is 422 g/mol. The van der Waals surface area contributed by atoms with E-state index in [-0.39, 0.29) is 11.8 Å². The summed E-state index contributed by atoms with van der Waals surface area (Å²) in [6, 6.07) is 12.0. The van der Waals surface area contributed by atoms with Gasteiger partial charge in [0.1, 0.15) is 0 Å². The number of rotatable bonds is 3. The largest absolute Gasteiger partial charge is 0.368 e. The summed E-state index contributed by atoms with van der Waals surface area (Å²) in [4.78, 5) is 22.0. The number of hydrogen-bond acceptors (Lipinski definition) is 5. The smallest absolute Gasteiger partial charge is 0.233 e. The van der Waals surface area contributed by atoms with Gasteiger partial charge in [-0.25, -0.2) is 0 Å². The number of aliphatic imine (C=N–C) groups is 1. The summed E-state index contributed by atoms with van der Waals surface area (Å²) in [5, 5.41) is 12.8. The van der Waals surface area contributed by atoms with Gasteiger partial charge in [0, 0.05) is 44.8 Å². The van der Waals surface area contributed by atoms with Crippen LogP contribution < -0.4 is 10.2 Å². The standard InChI is InChI=1S/C25H26ClN5O/c1-16-11-18(13-21-23(16)24-19(25(32)29-21)3-2-6-28-24)15-30-7-9-31(10-8-30)22-5-4-17(14-27)12-20(22)26/h4-5,11-13,19H,2-3,6-10,15H2,1H3,(H,29,32). The lowest BCUT2D eigenvalue weighted by atomic mass is 9.83. The number of aryl methyl sites for hydroxylation is 1. The average Bonchev–Trinajstić information content (AvgIpc) is 2.79. The summed E-state index contributed by atoms with van der Waals surface area (Å²) >= 11 is 6.40. The number of nitriles is 1. The van der Waals surface area contributed by atoms with Crippen molar-refractivity contribution in [3.8, 4) is 6.07 Å². The zero-order valence-electron chi connectivity index (χ0n) is 18.2. The highest BCUT2D eigenvalue weighted by Gasteiger charge is 2.34. The predicted octanol–water partition coefficient (Wildman–Crippen LogP) is 3.99. The van der Waals surface area contributed by atoms with Crippen molar-refractivity contribution in [3.63, 3.8) is 0 Å². The van der Waals surface area contributed by atoms with Crippen LogP contribution in [0.5, 0.6) is 0 Å². The Labute approximate surface area is 193 Å². The fourth-order valence-corrected chi connectivity index (χ4v) is 5.40. The third-order valence-electron chi connectivity index (χ3n) is 6.68. The van der Waals surface area contributed by atoms with E-state index in [0.717, 1.165) is 74.8 Å². The zero-order valence-corrected chi connectivity index (χ0v) is 19.0. The second-order valence-electron chi connectivity index (χ2n) is 8.83. The van der Waals surface area contributed by atoms with E-state index in [1.54, 1.807) is 6.07 Å². The van der Waals surface area contributed by atoms with Gasteiger partial charge in [-0.05, 0) is 55.2 Å². The Morgan fingerprint density at radius 3 is 2.78 bits per heavy atom. The first-order valence-corrected chi connectivity index (χ1v) is 11.6. The maximum absolute atomic E-state index is 12.6. The van der Waals surface area contributed by atoms with E-state index in [0.29, 0.717) is 10.6 Å². The van der Waals surface area contributed by atoms with Crippen molar-refractivity contribution in [2.75, 3.05) is 42.9 Å². The SMILES string of the molecule is Cc1cc(CN2CCN(c3ccc(C#N)cc3Cl)CC2)cc2c1C1=NCCCC1C(=O)N2. The highest BCUT2D eigenvalue weighted by atomic mass is 35.5. The molecule has 3 heterocycles. The quantitative estimate of drug-likeness (QED) is 0.772. The molecule has 3 aliphatic heterocycles. The molecule has 0 saturated carbocycles. The number of anilines is 2. The number of amides is 1. The molecule has 1 atom stereocenters. The molecule has 2 aromatic rings. The minimum Gasteiger partial charge on any atom is -0.368 e. The van der Waals surface area contributed by atoms with Gasteiger partial charge in [0.05, 0.1) is 39.7 Å². The minimum atomic E-state index is -0.0945. The van der Waals surface area contributed by atoms with Crippen molar-refractivity contribution in [1.29, 1.82) is 5.26 Å². The van der Waals surface area contributed by atoms with Gasteiger partial charge in [0.25, 0.3) is 0 Å². The molecular formula is C25H26ClN5O. The summed E-state index contributed by atoms with van der Waals surface area (Å²) in [5.41, 5.74) is 6.97. The number of benzene rings is 2. The number of nitrogens with zero attached hydrogens (tertiary/aromatic N) is 4. The fourth-order valence-electron chi connectivity index (χ4n) is 5.10. The van der Waals surface area contributed by atoms with Crippen LogP contribution in [0.4, 0.5) is 11.4 Å². The van der Waals surface area contributed by atoms with E-state index in [9.17, 15) is 4.79 Å². The average molecular weight is 448 g/mol. The van der Waals surface area contributed by atoms with Crippen LogP contribution in [-0.2, 0) is 11.3 Å². The van der Waals surface area contributed by atoms with Crippen LogP contribution in [-0.4, -0.2) is 49.2 Å². The van der Waals surface area contributed by atoms with E-state index < -0.39 is 0 Å². The molecule has 1 N–H and O–H groups in total. The highest BCUT2D eigenvalue weighted by Crippen LogP contribution is 2.34. The van der Waals surface area contributed by atoms with Gasteiger partial charge in [-0.3, -0.25) is 14.7 Å². The fraction of sp³-hybridized carbons (Fsp3) is 0.400. The lowest BCUT2D eigenvalue weighted by molar-refractivity contribution is -0.118. The molecule has 0 radical (unpaired) electrons. The molecule has 0 aliphatic carbocycles. The van der Waals surface area contributed by atoms with Crippen LogP contribution in [0.15, 0.2) is 35.3 Å². The Morgan fingerprint density at radius 2 is 2.03 bits per heavy atom. The van der Waals surface area contributed by atoms with Crippen LogP contribution >= 0.6 is 11.6 Å². The summed E-state index contributed by atoms with van der Waals surface area (Å²) in [6.45, 7) is 7.39. The predicted molar refractivity (Wildman–Crippen MR) is 128 cm³/mol. The Balaban J connectivity index is 1.29. The van der Waals surface area contributed by atoms with Crippen LogP contribution in [0.2, 0.25) is 5.02 Å². The molecule has 1 fully saturated rings. The van der Waals surface area contributed by atoms with Gasteiger partial charge in [0.2, 0.25) is 5.91 Å². The van der Waals surface area contributed by atoms with Crippen LogP contribution in [0.3, 0.4) is 0 Å². The molecule has 5 rings (SSSR count). The molecule has 0 bridgehead atoms. The lowest BCUT2D eigenvalue weighted by Crippen LogP contribution is -2.46. The lowest BCUT2D eigenvalue weighted by Gasteiger charge is -2.37. The number of carbonyl (C=O) groups is 1. The molecule has 32 heavy (non-hydrogen) atoms. The number of nitrogens with one attached hydrogen (secondary N) is 1. The van der Waals surface area contributed by atoms with Gasteiger partial charge >= 0.3 is 0 Å². The van der Waals surface area contributed by atoms with E-state index >= 15 is 0 Å². The zero-order chi connectivity index (χ0) is 22.2. The van der Waals surface area contributed by atoms with Gasteiger partial charge in [-0.15, -0.1) is 0 Å². The Morgan fingerprint density at radius 1 is 1.22 bits per heavy atom. The molecule has 1 saturated heterocycles. The second-order valence-corrected chi connectivity index (χ2v) is 9.23. The summed E-state index contributed by atoms with van der Waals surface area (Å²) in [6.07, 6.45) is 1.87. The third kappa shape index (κ3) is 3.87. The summed E-state index contributed by atoms with van der Waals surface area (Å²) in [7, 11) is 0. The second kappa shape index (κ2) is 8.57. The Hall–Kier alpha value is -2.88. The molecule has 3 aliphatic rings. The first-order chi connectivity index (χ1) is 15.5. The topological polar surface area (TPSA) is 71.7 Å². The van der Waals surface area contributed by atoms with Crippen molar-refractivity contribution >= 4 is 34.6 Å². The first kappa shape index (κ1) is 21.0. The van der Waals surface area contributed by atoms with Crippen molar-refractivity contribution in [1.82, 2.24) is 4.90 Å². The monoisotopic (exact) mass is 447 g/mol. The molecule has 164 valence electrons. The summed E-state index contributed by atoms with van der Waals surface area (Å²) in [5.74, 6) is -0.0108. The molecule has 1 amide bonds. The Bertz CT molecular complexity index is 1140. The first-order valence-electron chi connectivity index (χ1n) is 11.2. The van der Waals surface area contributed by atoms with Gasteiger partial charge < -0.3 is 10.2 Å². The van der Waals surface area contributed by atoms with Crippen molar-refractivity contribution in [3.05, 3.63) is 57.6 Å². The molecule has 0 spiro atoms. The van der Waals surface area contributed by atoms with Gasteiger partial charge in [-0.2, -0.15) is 5.26 Å². The van der Waals surface area contributed by atoms with Crippen molar-refractivity contribution < 1.29 is 4.79 Å². The number of carbonyl (C=O) groups excluding carboxylic acids is 1. The number of piperazine rings is 1. The van der Waals surface area contributed by atoms with Crippen molar-refractivity contribution in [2.24, 2.45) is 10.9 Å². The highest BCUT2D eigenvalue weighted by molar-refractivity contribution is 6.33. The Kier molecular flexibility index (Phi) is 5.62. The van der Waals surface area contributed by atoms with Crippen LogP contribution in [0.25, 0.3) is 0 Å². The summed E-state index contributed by atoms with van der Waals surface area (Å²) < 4.78 is 0. The molecule has 7 heteroatoms. The molecule has 2 aromatic carbocycles. The normalized spacial score (nSPS) is 20.7.